The maximum absolute atomic E-state index is 11.6. The smallest absolute Gasteiger partial charge is 0.240 e. The lowest BCUT2D eigenvalue weighted by atomic mass is 10.1. The second-order valence-electron chi connectivity index (χ2n) is 5.06. The van der Waals surface area contributed by atoms with Gasteiger partial charge in [-0.15, -0.1) is 0 Å². The largest absolute Gasteiger partial charge is 0.273 e. The molecular weight excluding hydrogens is 288 g/mol. The summed E-state index contributed by atoms with van der Waals surface area (Å²) in [5, 5.41) is 3.80. The number of allylic oxidation sites excluding steroid dienone is 1. The molecule has 1 aromatic carbocycles. The van der Waals surface area contributed by atoms with Crippen LogP contribution in [0.2, 0.25) is 0 Å². The first-order valence-corrected chi connectivity index (χ1v) is 8.61. The number of sulfone groups is 1. The Morgan fingerprint density at radius 2 is 2.10 bits per heavy atom. The lowest BCUT2D eigenvalue weighted by molar-refractivity contribution is -0.121. The predicted octanol–water partition coefficient (Wildman–Crippen LogP) is 1.63. The highest BCUT2D eigenvalue weighted by Gasteiger charge is 2.29. The average Bonchev–Trinajstić information content (AvgIpc) is 2.78. The predicted molar refractivity (Wildman–Crippen MR) is 83.5 cm³/mol. The van der Waals surface area contributed by atoms with Gasteiger partial charge in [0.2, 0.25) is 5.91 Å². The molecule has 2 rings (SSSR count). The Bertz CT molecular complexity index is 636. The van der Waals surface area contributed by atoms with Crippen LogP contribution in [0.15, 0.2) is 41.5 Å². The standard InChI is InChI=1S/C15H18N2O3S/c18-15(11-14-8-10-21(19,20)12-14)17-16-9-4-7-13-5-2-1-3-6-13/h1-7,9,14H,8,10-12H2,(H,17,18). The zero-order valence-electron chi connectivity index (χ0n) is 11.6. The third-order valence-corrected chi connectivity index (χ3v) is 5.08. The van der Waals surface area contributed by atoms with Crippen LogP contribution in [0.1, 0.15) is 18.4 Å². The van der Waals surface area contributed by atoms with Crippen molar-refractivity contribution >= 4 is 28.0 Å². The second kappa shape index (κ2) is 7.17. The average molecular weight is 306 g/mol. The fourth-order valence-corrected chi connectivity index (χ4v) is 4.07. The molecule has 1 aromatic rings. The molecule has 1 aliphatic heterocycles. The van der Waals surface area contributed by atoms with E-state index < -0.39 is 9.84 Å². The SMILES string of the molecule is O=C(CC1CCS(=O)(=O)C1)NN=CC=Cc1ccccc1. The number of amides is 1. The molecule has 1 fully saturated rings. The van der Waals surface area contributed by atoms with Crippen molar-refractivity contribution in [2.24, 2.45) is 11.0 Å². The maximum atomic E-state index is 11.6. The summed E-state index contributed by atoms with van der Waals surface area (Å²) in [7, 11) is -2.93. The molecule has 112 valence electrons. The first kappa shape index (κ1) is 15.4. The lowest BCUT2D eigenvalue weighted by Gasteiger charge is -2.04. The van der Waals surface area contributed by atoms with E-state index in [1.807, 2.05) is 36.4 Å². The van der Waals surface area contributed by atoms with Gasteiger partial charge < -0.3 is 0 Å². The lowest BCUT2D eigenvalue weighted by Crippen LogP contribution is -2.21. The van der Waals surface area contributed by atoms with E-state index in [1.165, 1.54) is 6.21 Å². The highest BCUT2D eigenvalue weighted by Crippen LogP contribution is 2.21. The van der Waals surface area contributed by atoms with Gasteiger partial charge in [-0.2, -0.15) is 5.10 Å². The van der Waals surface area contributed by atoms with Crippen molar-refractivity contribution in [3.05, 3.63) is 42.0 Å². The topological polar surface area (TPSA) is 75.6 Å². The van der Waals surface area contributed by atoms with Crippen molar-refractivity contribution in [1.29, 1.82) is 0 Å². The molecule has 0 aliphatic carbocycles. The number of hydrogen-bond acceptors (Lipinski definition) is 4. The van der Waals surface area contributed by atoms with Crippen LogP contribution < -0.4 is 5.43 Å². The molecule has 21 heavy (non-hydrogen) atoms. The number of hydrazone groups is 1. The highest BCUT2D eigenvalue weighted by atomic mass is 32.2. The van der Waals surface area contributed by atoms with Crippen molar-refractivity contribution in [2.75, 3.05) is 11.5 Å². The normalized spacial score (nSPS) is 21.0. The molecule has 6 heteroatoms. The van der Waals surface area contributed by atoms with Gasteiger partial charge in [-0.1, -0.05) is 36.4 Å². The van der Waals surface area contributed by atoms with E-state index in [1.54, 1.807) is 6.08 Å². The Kier molecular flexibility index (Phi) is 5.27. The zero-order chi connectivity index (χ0) is 15.1. The number of benzene rings is 1. The number of nitrogens with one attached hydrogen (secondary N) is 1. The van der Waals surface area contributed by atoms with E-state index in [4.69, 9.17) is 0 Å². The van der Waals surface area contributed by atoms with Gasteiger partial charge in [0, 0.05) is 12.6 Å². The monoisotopic (exact) mass is 306 g/mol. The first-order chi connectivity index (χ1) is 10.1. The number of rotatable bonds is 5. The quantitative estimate of drug-likeness (QED) is 0.663. The molecule has 1 atom stereocenters. The Balaban J connectivity index is 1.72. The molecule has 1 saturated heterocycles. The van der Waals surface area contributed by atoms with Crippen molar-refractivity contribution in [2.45, 2.75) is 12.8 Å². The van der Waals surface area contributed by atoms with E-state index in [0.717, 1.165) is 5.56 Å². The summed E-state index contributed by atoms with van der Waals surface area (Å²) in [5.74, 6) is -0.0296. The minimum absolute atomic E-state index is 0.0786. The molecule has 5 nitrogen and oxygen atoms in total. The molecule has 1 heterocycles. The molecule has 1 unspecified atom stereocenters. The van der Waals surface area contributed by atoms with Gasteiger partial charge in [0.15, 0.2) is 9.84 Å². The fraction of sp³-hybridized carbons (Fsp3) is 0.333. The van der Waals surface area contributed by atoms with E-state index in [9.17, 15) is 13.2 Å². The molecule has 1 amide bonds. The summed E-state index contributed by atoms with van der Waals surface area (Å²) in [6, 6.07) is 9.74. The Morgan fingerprint density at radius 1 is 1.33 bits per heavy atom. The second-order valence-corrected chi connectivity index (χ2v) is 7.28. The van der Waals surface area contributed by atoms with Gasteiger partial charge in [0.05, 0.1) is 11.5 Å². The molecule has 1 N–H and O–H groups in total. The van der Waals surface area contributed by atoms with E-state index in [2.05, 4.69) is 10.5 Å². The summed E-state index contributed by atoms with van der Waals surface area (Å²) in [4.78, 5) is 11.6. The third-order valence-electron chi connectivity index (χ3n) is 3.24. The molecule has 0 radical (unpaired) electrons. The minimum Gasteiger partial charge on any atom is -0.273 e. The zero-order valence-corrected chi connectivity index (χ0v) is 12.4. The summed E-state index contributed by atoms with van der Waals surface area (Å²) in [5.41, 5.74) is 3.46. The van der Waals surface area contributed by atoms with Crippen molar-refractivity contribution in [3.63, 3.8) is 0 Å². The Morgan fingerprint density at radius 3 is 2.76 bits per heavy atom. The highest BCUT2D eigenvalue weighted by molar-refractivity contribution is 7.91. The minimum atomic E-state index is -2.93. The number of carbonyl (C=O) groups is 1. The molecule has 0 saturated carbocycles. The van der Waals surface area contributed by atoms with Crippen LogP contribution >= 0.6 is 0 Å². The third kappa shape index (κ3) is 5.51. The summed E-state index contributed by atoms with van der Waals surface area (Å²) >= 11 is 0. The fourth-order valence-electron chi connectivity index (χ4n) is 2.21. The van der Waals surface area contributed by atoms with Crippen molar-refractivity contribution in [1.82, 2.24) is 5.43 Å². The number of hydrogen-bond donors (Lipinski definition) is 1. The van der Waals surface area contributed by atoms with E-state index >= 15 is 0 Å². The van der Waals surface area contributed by atoms with E-state index in [-0.39, 0.29) is 29.8 Å². The maximum Gasteiger partial charge on any atom is 0.240 e. The number of nitrogens with zero attached hydrogens (tertiary/aromatic N) is 1. The van der Waals surface area contributed by atoms with Gasteiger partial charge in [0.25, 0.3) is 0 Å². The van der Waals surface area contributed by atoms with Crippen LogP contribution in [0.5, 0.6) is 0 Å². The Labute approximate surface area is 124 Å². The van der Waals surface area contributed by atoms with Gasteiger partial charge in [-0.3, -0.25) is 4.79 Å². The summed E-state index contributed by atoms with van der Waals surface area (Å²) < 4.78 is 22.6. The molecule has 0 spiro atoms. The van der Waals surface area contributed by atoms with Gasteiger partial charge >= 0.3 is 0 Å². The van der Waals surface area contributed by atoms with Crippen LogP contribution in [0.3, 0.4) is 0 Å². The molecule has 0 bridgehead atoms. The Hall–Kier alpha value is -1.95. The van der Waals surface area contributed by atoms with E-state index in [0.29, 0.717) is 6.42 Å². The molecule has 0 aromatic heterocycles. The number of carbonyl (C=O) groups excluding carboxylic acids is 1. The first-order valence-electron chi connectivity index (χ1n) is 6.79. The summed E-state index contributed by atoms with van der Waals surface area (Å²) in [6.45, 7) is 0. The van der Waals surface area contributed by atoms with Crippen LogP contribution in [0, 0.1) is 5.92 Å². The molecular formula is C15H18N2O3S. The van der Waals surface area contributed by atoms with Crippen molar-refractivity contribution in [3.8, 4) is 0 Å². The molecule has 1 aliphatic rings. The summed E-state index contributed by atoms with van der Waals surface area (Å²) in [6.07, 6.45) is 5.87. The van der Waals surface area contributed by atoms with Crippen LogP contribution in [0.25, 0.3) is 6.08 Å². The van der Waals surface area contributed by atoms with Gasteiger partial charge in [-0.25, -0.2) is 13.8 Å². The van der Waals surface area contributed by atoms with Crippen LogP contribution in [0.4, 0.5) is 0 Å². The van der Waals surface area contributed by atoms with Crippen molar-refractivity contribution < 1.29 is 13.2 Å². The van der Waals surface area contributed by atoms with Crippen LogP contribution in [-0.4, -0.2) is 32.0 Å². The van der Waals surface area contributed by atoms with Gasteiger partial charge in [-0.05, 0) is 24.0 Å². The van der Waals surface area contributed by atoms with Crippen LogP contribution in [-0.2, 0) is 14.6 Å². The van der Waals surface area contributed by atoms with Gasteiger partial charge in [0.1, 0.15) is 0 Å².